The van der Waals surface area contributed by atoms with Gasteiger partial charge >= 0.3 is 0 Å². The maximum absolute atomic E-state index is 12.4. The summed E-state index contributed by atoms with van der Waals surface area (Å²) in [4.78, 5) is 16.9. The Balaban J connectivity index is 1.49. The topological polar surface area (TPSA) is 77.2 Å². The van der Waals surface area contributed by atoms with Gasteiger partial charge in [-0.1, -0.05) is 65.8 Å². The number of anilines is 1. The number of carbonyl (C=O) groups is 1. The van der Waals surface area contributed by atoms with Gasteiger partial charge in [0.15, 0.2) is 6.61 Å². The van der Waals surface area contributed by atoms with Gasteiger partial charge in [-0.3, -0.25) is 4.79 Å². The van der Waals surface area contributed by atoms with E-state index in [4.69, 9.17) is 9.26 Å². The summed E-state index contributed by atoms with van der Waals surface area (Å²) in [5.74, 6) is 1.23. The van der Waals surface area contributed by atoms with Crippen molar-refractivity contribution in [3.8, 4) is 28.6 Å². The predicted octanol–water partition coefficient (Wildman–Crippen LogP) is 4.73. The van der Waals surface area contributed by atoms with Gasteiger partial charge < -0.3 is 14.6 Å². The van der Waals surface area contributed by atoms with Crippen molar-refractivity contribution in [2.24, 2.45) is 0 Å². The molecule has 29 heavy (non-hydrogen) atoms. The van der Waals surface area contributed by atoms with Crippen molar-refractivity contribution in [1.29, 1.82) is 0 Å². The second-order valence-corrected chi connectivity index (χ2v) is 6.44. The SMILES string of the molecule is Cc1ccccc1OCC(=O)Nc1ccccc1-c1nc(-c2ccccc2)no1. The maximum Gasteiger partial charge on any atom is 0.262 e. The van der Waals surface area contributed by atoms with E-state index in [9.17, 15) is 4.79 Å². The first-order chi connectivity index (χ1) is 14.2. The molecule has 1 heterocycles. The number of aromatic nitrogens is 2. The van der Waals surface area contributed by atoms with Crippen molar-refractivity contribution in [2.75, 3.05) is 11.9 Å². The van der Waals surface area contributed by atoms with Crippen molar-refractivity contribution in [3.05, 3.63) is 84.4 Å². The molecule has 1 N–H and O–H groups in total. The number of benzene rings is 3. The van der Waals surface area contributed by atoms with Crippen LogP contribution >= 0.6 is 0 Å². The highest BCUT2D eigenvalue weighted by Crippen LogP contribution is 2.28. The first-order valence-corrected chi connectivity index (χ1v) is 9.17. The molecule has 3 aromatic carbocycles. The summed E-state index contributed by atoms with van der Waals surface area (Å²) in [5.41, 5.74) is 3.05. The van der Waals surface area contributed by atoms with Gasteiger partial charge in [0.1, 0.15) is 5.75 Å². The highest BCUT2D eigenvalue weighted by atomic mass is 16.5. The van der Waals surface area contributed by atoms with Gasteiger partial charge in [0.25, 0.3) is 11.8 Å². The average Bonchev–Trinajstić information content (AvgIpc) is 3.24. The zero-order valence-electron chi connectivity index (χ0n) is 15.8. The van der Waals surface area contributed by atoms with Crippen LogP contribution in [0.25, 0.3) is 22.8 Å². The van der Waals surface area contributed by atoms with Crippen molar-refractivity contribution in [3.63, 3.8) is 0 Å². The number of carbonyl (C=O) groups excluding carboxylic acids is 1. The minimum atomic E-state index is -0.275. The number of ether oxygens (including phenoxy) is 1. The van der Waals surface area contributed by atoms with E-state index in [1.165, 1.54) is 0 Å². The van der Waals surface area contributed by atoms with Crippen molar-refractivity contribution >= 4 is 11.6 Å². The van der Waals surface area contributed by atoms with E-state index in [-0.39, 0.29) is 12.5 Å². The molecule has 0 saturated carbocycles. The minimum Gasteiger partial charge on any atom is -0.483 e. The van der Waals surface area contributed by atoms with Gasteiger partial charge in [0.2, 0.25) is 5.82 Å². The quantitative estimate of drug-likeness (QED) is 0.519. The molecular weight excluding hydrogens is 366 g/mol. The van der Waals surface area contributed by atoms with Gasteiger partial charge in [0.05, 0.1) is 11.3 Å². The summed E-state index contributed by atoms with van der Waals surface area (Å²) in [6, 6.07) is 24.4. The first-order valence-electron chi connectivity index (χ1n) is 9.17. The van der Waals surface area contributed by atoms with Crippen LogP contribution in [0, 0.1) is 6.92 Å². The van der Waals surface area contributed by atoms with Crippen LogP contribution < -0.4 is 10.1 Å². The normalized spacial score (nSPS) is 10.5. The van der Waals surface area contributed by atoms with Gasteiger partial charge in [-0.15, -0.1) is 0 Å². The molecule has 0 radical (unpaired) electrons. The number of amides is 1. The molecule has 6 heteroatoms. The van der Waals surface area contributed by atoms with Crippen LogP contribution in [0.4, 0.5) is 5.69 Å². The summed E-state index contributed by atoms with van der Waals surface area (Å²) >= 11 is 0. The monoisotopic (exact) mass is 385 g/mol. The van der Waals surface area contributed by atoms with Crippen LogP contribution in [0.3, 0.4) is 0 Å². The van der Waals surface area contributed by atoms with E-state index in [1.807, 2.05) is 79.7 Å². The third-order valence-corrected chi connectivity index (χ3v) is 4.34. The van der Waals surface area contributed by atoms with E-state index >= 15 is 0 Å². The third-order valence-electron chi connectivity index (χ3n) is 4.34. The Morgan fingerprint density at radius 2 is 1.69 bits per heavy atom. The largest absolute Gasteiger partial charge is 0.483 e. The molecule has 144 valence electrons. The Bertz CT molecular complexity index is 1120. The number of hydrogen-bond acceptors (Lipinski definition) is 5. The maximum atomic E-state index is 12.4. The van der Waals surface area contributed by atoms with Crippen LogP contribution in [0.15, 0.2) is 83.4 Å². The molecule has 0 spiro atoms. The number of nitrogens with zero attached hydrogens (tertiary/aromatic N) is 2. The Morgan fingerprint density at radius 1 is 0.966 bits per heavy atom. The highest BCUT2D eigenvalue weighted by Gasteiger charge is 2.15. The molecule has 1 aromatic heterocycles. The minimum absolute atomic E-state index is 0.0989. The van der Waals surface area contributed by atoms with Crippen LogP contribution in [-0.4, -0.2) is 22.7 Å². The molecule has 0 saturated heterocycles. The summed E-state index contributed by atoms with van der Waals surface area (Å²) in [7, 11) is 0. The van der Waals surface area contributed by atoms with E-state index in [2.05, 4.69) is 15.5 Å². The highest BCUT2D eigenvalue weighted by molar-refractivity contribution is 5.95. The molecule has 4 rings (SSSR count). The molecule has 0 bridgehead atoms. The summed E-state index contributed by atoms with van der Waals surface area (Å²) in [6.07, 6.45) is 0. The lowest BCUT2D eigenvalue weighted by Crippen LogP contribution is -2.20. The molecule has 4 aromatic rings. The standard InChI is InChI=1S/C23H19N3O3/c1-16-9-5-8-14-20(16)28-15-21(27)24-19-13-7-6-12-18(19)23-25-22(26-29-23)17-10-3-2-4-11-17/h2-14H,15H2,1H3,(H,24,27). The molecule has 6 nitrogen and oxygen atoms in total. The van der Waals surface area contributed by atoms with Crippen molar-refractivity contribution < 1.29 is 14.1 Å². The molecule has 0 aliphatic rings. The number of para-hydroxylation sites is 2. The van der Waals surface area contributed by atoms with Crippen molar-refractivity contribution in [1.82, 2.24) is 10.1 Å². The number of rotatable bonds is 6. The summed E-state index contributed by atoms with van der Waals surface area (Å²) < 4.78 is 11.0. The van der Waals surface area contributed by atoms with E-state index < -0.39 is 0 Å². The van der Waals surface area contributed by atoms with Gasteiger partial charge in [-0.05, 0) is 30.7 Å². The number of nitrogens with one attached hydrogen (secondary N) is 1. The van der Waals surface area contributed by atoms with Crippen molar-refractivity contribution in [2.45, 2.75) is 6.92 Å². The fraction of sp³-hybridized carbons (Fsp3) is 0.0870. The average molecular weight is 385 g/mol. The Hall–Kier alpha value is -3.93. The van der Waals surface area contributed by atoms with Crippen LogP contribution in [0.2, 0.25) is 0 Å². The first kappa shape index (κ1) is 18.4. The molecule has 0 atom stereocenters. The van der Waals surface area contributed by atoms with Crippen LogP contribution in [0.5, 0.6) is 5.75 Å². The predicted molar refractivity (Wildman–Crippen MR) is 110 cm³/mol. The zero-order chi connectivity index (χ0) is 20.1. The second kappa shape index (κ2) is 8.39. The fourth-order valence-corrected chi connectivity index (χ4v) is 2.86. The van der Waals surface area contributed by atoms with Gasteiger partial charge in [0, 0.05) is 5.56 Å². The molecule has 1 amide bonds. The Labute approximate surface area is 168 Å². The number of aryl methyl sites for hydroxylation is 1. The molecule has 0 aliphatic heterocycles. The molecule has 0 unspecified atom stereocenters. The van der Waals surface area contributed by atoms with Crippen LogP contribution in [-0.2, 0) is 4.79 Å². The lowest BCUT2D eigenvalue weighted by molar-refractivity contribution is -0.118. The van der Waals surface area contributed by atoms with Gasteiger partial charge in [-0.2, -0.15) is 4.98 Å². The number of hydrogen-bond donors (Lipinski definition) is 1. The molecule has 0 fully saturated rings. The van der Waals surface area contributed by atoms with E-state index in [0.717, 1.165) is 11.1 Å². The van der Waals surface area contributed by atoms with E-state index in [0.29, 0.717) is 28.7 Å². The summed E-state index contributed by atoms with van der Waals surface area (Å²) in [5, 5.41) is 6.90. The fourth-order valence-electron chi connectivity index (χ4n) is 2.86. The van der Waals surface area contributed by atoms with Gasteiger partial charge in [-0.25, -0.2) is 0 Å². The van der Waals surface area contributed by atoms with Crippen LogP contribution in [0.1, 0.15) is 5.56 Å². The Morgan fingerprint density at radius 3 is 2.52 bits per heavy atom. The Kier molecular flexibility index (Phi) is 5.33. The molecular formula is C23H19N3O3. The third kappa shape index (κ3) is 4.32. The summed E-state index contributed by atoms with van der Waals surface area (Å²) in [6.45, 7) is 1.83. The smallest absolute Gasteiger partial charge is 0.262 e. The molecule has 0 aliphatic carbocycles. The zero-order valence-corrected chi connectivity index (χ0v) is 15.8. The lowest BCUT2D eigenvalue weighted by Gasteiger charge is -2.11. The van der Waals surface area contributed by atoms with E-state index in [1.54, 1.807) is 6.07 Å². The lowest BCUT2D eigenvalue weighted by atomic mass is 10.1. The second-order valence-electron chi connectivity index (χ2n) is 6.44.